The van der Waals surface area contributed by atoms with Crippen molar-refractivity contribution in [3.63, 3.8) is 0 Å². The molecule has 0 fully saturated rings. The van der Waals surface area contributed by atoms with E-state index in [2.05, 4.69) is 115 Å². The average molecular weight is 423 g/mol. The van der Waals surface area contributed by atoms with E-state index in [1.165, 1.54) is 33.5 Å². The molecule has 0 saturated carbocycles. The Balaban J connectivity index is 0.000000491. The van der Waals surface area contributed by atoms with Gasteiger partial charge in [-0.25, -0.2) is 0 Å². The quantitative estimate of drug-likeness (QED) is 0.190. The van der Waals surface area contributed by atoms with E-state index in [0.717, 1.165) is 6.54 Å². The predicted molar refractivity (Wildman–Crippen MR) is 118 cm³/mol. The minimum Gasteiger partial charge on any atom is -0.418 e. The maximum absolute atomic E-state index is 9.75. The van der Waals surface area contributed by atoms with Crippen LogP contribution in [0.3, 0.4) is 0 Å². The maximum atomic E-state index is 9.75. The van der Waals surface area contributed by atoms with Crippen LogP contribution in [-0.2, 0) is 6.54 Å². The molecule has 6 heteroatoms. The zero-order valence-electron chi connectivity index (χ0n) is 17.1. The number of pyridine rings is 1. The molecule has 1 aromatic heterocycles. The first-order chi connectivity index (χ1) is 14.8. The van der Waals surface area contributed by atoms with Crippen LogP contribution in [0.25, 0.3) is 22.4 Å². The summed E-state index contributed by atoms with van der Waals surface area (Å²) >= 11 is 0. The summed E-state index contributed by atoms with van der Waals surface area (Å²) in [4.78, 5) is 0. The fraction of sp³-hybridized carbons (Fsp3) is 0.0800. The molecule has 0 N–H and O–H groups in total. The summed E-state index contributed by atoms with van der Waals surface area (Å²) in [6.07, 6.45) is 2.20. The Bertz CT molecular complexity index is 1090. The first kappa shape index (κ1) is 22.3. The van der Waals surface area contributed by atoms with Gasteiger partial charge in [0.15, 0.2) is 12.7 Å². The van der Waals surface area contributed by atoms with Crippen LogP contribution in [0.5, 0.6) is 0 Å². The monoisotopic (exact) mass is 423 g/mol. The molecular weight excluding hydrogens is 401 g/mol. The standard InChI is InChI=1S/C25H22N.BF4/c1-20-12-14-21(15-13-20)19-26-17-16-24(22-8-4-2-5-9-22)18-25(26)23-10-6-3-7-11-23;2-1(3,4)5/h2-18H,19H2,1H3;/q+1;-1. The number of hydrogen-bond donors (Lipinski definition) is 0. The lowest BCUT2D eigenvalue weighted by Crippen LogP contribution is -2.36. The van der Waals surface area contributed by atoms with Crippen molar-refractivity contribution in [3.05, 3.63) is 114 Å². The molecule has 0 aliphatic heterocycles. The fourth-order valence-corrected chi connectivity index (χ4v) is 3.23. The summed E-state index contributed by atoms with van der Waals surface area (Å²) in [5, 5.41) is 0. The molecule has 1 nitrogen and oxygen atoms in total. The van der Waals surface area contributed by atoms with Crippen LogP contribution in [0.1, 0.15) is 11.1 Å². The van der Waals surface area contributed by atoms with Gasteiger partial charge in [0.25, 0.3) is 0 Å². The second kappa shape index (κ2) is 10.1. The van der Waals surface area contributed by atoms with Crippen molar-refractivity contribution in [1.82, 2.24) is 0 Å². The average Bonchev–Trinajstić information content (AvgIpc) is 2.76. The first-order valence-corrected chi connectivity index (χ1v) is 9.87. The Hall–Kier alpha value is -3.41. The minimum absolute atomic E-state index is 0.861. The molecule has 0 atom stereocenters. The van der Waals surface area contributed by atoms with Gasteiger partial charge in [0.2, 0.25) is 5.69 Å². The third-order valence-corrected chi connectivity index (χ3v) is 4.69. The molecule has 1 heterocycles. The lowest BCUT2D eigenvalue weighted by atomic mass is 10.0. The van der Waals surface area contributed by atoms with Crippen LogP contribution in [0.4, 0.5) is 17.3 Å². The fourth-order valence-electron chi connectivity index (χ4n) is 3.23. The Morgan fingerprint density at radius 1 is 0.645 bits per heavy atom. The maximum Gasteiger partial charge on any atom is 0.673 e. The van der Waals surface area contributed by atoms with Crippen molar-refractivity contribution >= 4 is 7.25 Å². The van der Waals surface area contributed by atoms with Crippen molar-refractivity contribution in [2.45, 2.75) is 13.5 Å². The summed E-state index contributed by atoms with van der Waals surface area (Å²) in [7, 11) is -6.00. The number of aryl methyl sites for hydroxylation is 1. The smallest absolute Gasteiger partial charge is 0.418 e. The highest BCUT2D eigenvalue weighted by Gasteiger charge is 2.20. The van der Waals surface area contributed by atoms with Crippen LogP contribution < -0.4 is 4.57 Å². The van der Waals surface area contributed by atoms with Crippen LogP contribution in [0, 0.1) is 6.92 Å². The van der Waals surface area contributed by atoms with Crippen molar-refractivity contribution in [3.8, 4) is 22.4 Å². The lowest BCUT2D eigenvalue weighted by molar-refractivity contribution is -0.677. The summed E-state index contributed by atoms with van der Waals surface area (Å²) in [5.74, 6) is 0. The van der Waals surface area contributed by atoms with Gasteiger partial charge in [-0.1, -0.05) is 78.4 Å². The largest absolute Gasteiger partial charge is 0.673 e. The van der Waals surface area contributed by atoms with E-state index in [0.29, 0.717) is 0 Å². The lowest BCUT2D eigenvalue weighted by Gasteiger charge is -2.08. The Labute approximate surface area is 179 Å². The van der Waals surface area contributed by atoms with Gasteiger partial charge < -0.3 is 17.3 Å². The highest BCUT2D eigenvalue weighted by molar-refractivity contribution is 6.50. The molecule has 158 valence electrons. The first-order valence-electron chi connectivity index (χ1n) is 9.87. The number of benzene rings is 3. The highest BCUT2D eigenvalue weighted by Crippen LogP contribution is 2.23. The molecule has 31 heavy (non-hydrogen) atoms. The van der Waals surface area contributed by atoms with Crippen molar-refractivity contribution in [2.75, 3.05) is 0 Å². The Morgan fingerprint density at radius 3 is 1.71 bits per heavy atom. The predicted octanol–water partition coefficient (Wildman–Crippen LogP) is 6.96. The van der Waals surface area contributed by atoms with Crippen LogP contribution in [-0.4, -0.2) is 7.25 Å². The molecule has 0 spiro atoms. The third-order valence-electron chi connectivity index (χ3n) is 4.69. The highest BCUT2D eigenvalue weighted by atomic mass is 19.5. The molecule has 0 amide bonds. The summed E-state index contributed by atoms with van der Waals surface area (Å²) in [6, 6.07) is 34.4. The Morgan fingerprint density at radius 2 is 1.16 bits per heavy atom. The number of halogens is 4. The van der Waals surface area contributed by atoms with Crippen molar-refractivity contribution in [1.29, 1.82) is 0 Å². The molecule has 0 aliphatic carbocycles. The Kier molecular flexibility index (Phi) is 7.24. The topological polar surface area (TPSA) is 3.88 Å². The van der Waals surface area contributed by atoms with Crippen molar-refractivity contribution < 1.29 is 21.8 Å². The summed E-state index contributed by atoms with van der Waals surface area (Å²) in [5.41, 5.74) is 7.55. The van der Waals surface area contributed by atoms with Gasteiger partial charge in [-0.2, -0.15) is 4.57 Å². The second-order valence-electron chi connectivity index (χ2n) is 7.14. The van der Waals surface area contributed by atoms with E-state index in [1.807, 2.05) is 0 Å². The second-order valence-corrected chi connectivity index (χ2v) is 7.14. The van der Waals surface area contributed by atoms with E-state index < -0.39 is 7.25 Å². The minimum atomic E-state index is -6.00. The van der Waals surface area contributed by atoms with E-state index in [4.69, 9.17) is 0 Å². The van der Waals surface area contributed by atoms with E-state index in [-0.39, 0.29) is 0 Å². The van der Waals surface area contributed by atoms with Gasteiger partial charge in [-0.05, 0) is 30.2 Å². The van der Waals surface area contributed by atoms with Gasteiger partial charge in [0, 0.05) is 23.3 Å². The van der Waals surface area contributed by atoms with Gasteiger partial charge in [-0.15, -0.1) is 0 Å². The van der Waals surface area contributed by atoms with E-state index in [9.17, 15) is 17.3 Å². The zero-order valence-corrected chi connectivity index (χ0v) is 17.1. The summed E-state index contributed by atoms with van der Waals surface area (Å²) < 4.78 is 41.3. The van der Waals surface area contributed by atoms with Gasteiger partial charge >= 0.3 is 7.25 Å². The molecule has 0 bridgehead atoms. The summed E-state index contributed by atoms with van der Waals surface area (Å²) in [6.45, 7) is 2.99. The normalized spacial score (nSPS) is 10.9. The zero-order chi connectivity index (χ0) is 22.3. The SMILES string of the molecule is Cc1ccc(C[n+]2ccc(-c3ccccc3)cc2-c2ccccc2)cc1.F[B-](F)(F)F. The number of nitrogens with zero attached hydrogens (tertiary/aromatic N) is 1. The number of hydrogen-bond acceptors (Lipinski definition) is 0. The molecule has 4 aromatic rings. The molecule has 0 unspecified atom stereocenters. The van der Waals surface area contributed by atoms with Crippen LogP contribution in [0.15, 0.2) is 103 Å². The molecule has 3 aromatic carbocycles. The van der Waals surface area contributed by atoms with Gasteiger partial charge in [0.1, 0.15) is 0 Å². The van der Waals surface area contributed by atoms with Gasteiger partial charge in [0.05, 0.1) is 0 Å². The molecule has 0 saturated heterocycles. The number of rotatable bonds is 4. The van der Waals surface area contributed by atoms with E-state index >= 15 is 0 Å². The molecule has 0 aliphatic rings. The third kappa shape index (κ3) is 7.10. The van der Waals surface area contributed by atoms with Crippen LogP contribution >= 0.6 is 0 Å². The molecular formula is C25H22BF4N. The number of aromatic nitrogens is 1. The van der Waals surface area contributed by atoms with Gasteiger partial charge in [-0.3, -0.25) is 0 Å². The van der Waals surface area contributed by atoms with Crippen molar-refractivity contribution in [2.24, 2.45) is 0 Å². The van der Waals surface area contributed by atoms with E-state index in [1.54, 1.807) is 0 Å². The molecule has 4 rings (SSSR count). The van der Waals surface area contributed by atoms with Crippen LogP contribution in [0.2, 0.25) is 0 Å². The molecule has 0 radical (unpaired) electrons.